The van der Waals surface area contributed by atoms with E-state index in [9.17, 15) is 4.79 Å². The van der Waals surface area contributed by atoms with Crippen LogP contribution >= 0.6 is 11.6 Å². The summed E-state index contributed by atoms with van der Waals surface area (Å²) in [7, 11) is 2.80. The number of halogens is 1. The fourth-order valence-corrected chi connectivity index (χ4v) is 2.08. The first-order chi connectivity index (χ1) is 9.97. The van der Waals surface area contributed by atoms with Crippen LogP contribution in [0.5, 0.6) is 5.75 Å². The number of aromatic nitrogens is 2. The van der Waals surface area contributed by atoms with Crippen molar-refractivity contribution in [1.29, 1.82) is 0 Å². The molecule has 0 atom stereocenters. The Hall–Kier alpha value is -2.34. The van der Waals surface area contributed by atoms with Gasteiger partial charge in [0.2, 0.25) is 0 Å². The Balaban J connectivity index is 2.59. The third kappa shape index (κ3) is 2.90. The van der Waals surface area contributed by atoms with Gasteiger partial charge in [-0.25, -0.2) is 14.8 Å². The quantitative estimate of drug-likeness (QED) is 0.877. The topological polar surface area (TPSA) is 87.3 Å². The average Bonchev–Trinajstić information content (AvgIpc) is 2.45. The highest BCUT2D eigenvalue weighted by atomic mass is 35.5. The molecule has 0 saturated heterocycles. The lowest BCUT2D eigenvalue weighted by atomic mass is 10.1. The molecule has 110 valence electrons. The normalized spacial score (nSPS) is 10.3. The van der Waals surface area contributed by atoms with Crippen molar-refractivity contribution in [3.8, 4) is 17.1 Å². The summed E-state index contributed by atoms with van der Waals surface area (Å²) in [4.78, 5) is 20.1. The molecule has 0 bridgehead atoms. The maximum absolute atomic E-state index is 11.6. The number of nitrogens with zero attached hydrogens (tertiary/aromatic N) is 2. The van der Waals surface area contributed by atoms with Crippen molar-refractivity contribution in [2.75, 3.05) is 20.0 Å². The molecule has 0 saturated carbocycles. The molecule has 0 spiro atoms. The lowest BCUT2D eigenvalue weighted by molar-refractivity contribution is 0.0600. The number of methoxy groups -OCH3 is 2. The molecular formula is C14H14ClN3O3. The van der Waals surface area contributed by atoms with Crippen molar-refractivity contribution in [2.24, 2.45) is 0 Å². The predicted octanol–water partition coefficient (Wildman–Crippen LogP) is 2.48. The van der Waals surface area contributed by atoms with Gasteiger partial charge in [0.1, 0.15) is 17.1 Å². The van der Waals surface area contributed by atoms with E-state index in [1.54, 1.807) is 25.1 Å². The van der Waals surface area contributed by atoms with Crippen LogP contribution in [0.4, 0.5) is 5.82 Å². The number of aryl methyl sites for hydroxylation is 1. The molecule has 0 amide bonds. The van der Waals surface area contributed by atoms with Gasteiger partial charge in [0, 0.05) is 5.02 Å². The number of carbonyl (C=O) groups is 1. The van der Waals surface area contributed by atoms with Crippen molar-refractivity contribution in [2.45, 2.75) is 6.92 Å². The molecule has 1 aromatic carbocycles. The highest BCUT2D eigenvalue weighted by Gasteiger charge is 2.19. The first kappa shape index (κ1) is 15.1. The summed E-state index contributed by atoms with van der Waals surface area (Å²) in [5, 5.41) is 0.534. The SMILES string of the molecule is COC(=O)c1c(C)nc(-c2ccc(Cl)cc2OC)nc1N. The molecule has 0 radical (unpaired) electrons. The van der Waals surface area contributed by atoms with E-state index in [0.717, 1.165) is 0 Å². The van der Waals surface area contributed by atoms with E-state index in [2.05, 4.69) is 14.7 Å². The van der Waals surface area contributed by atoms with Gasteiger partial charge in [-0.15, -0.1) is 0 Å². The standard InChI is InChI=1S/C14H14ClN3O3/c1-7-11(14(19)21-3)12(16)18-13(17-7)9-5-4-8(15)6-10(9)20-2/h4-6H,1-3H3,(H2,16,17,18). The maximum Gasteiger partial charge on any atom is 0.343 e. The largest absolute Gasteiger partial charge is 0.496 e. The summed E-state index contributed by atoms with van der Waals surface area (Å²) < 4.78 is 9.93. The number of ether oxygens (including phenoxy) is 2. The van der Waals surface area contributed by atoms with Gasteiger partial charge in [0.25, 0.3) is 0 Å². The Morgan fingerprint density at radius 1 is 1.29 bits per heavy atom. The molecule has 7 heteroatoms. The minimum absolute atomic E-state index is 0.0568. The van der Waals surface area contributed by atoms with Crippen LogP contribution < -0.4 is 10.5 Å². The van der Waals surface area contributed by atoms with E-state index in [0.29, 0.717) is 27.9 Å². The molecule has 6 nitrogen and oxygen atoms in total. The Kier molecular flexibility index (Phi) is 4.28. The Morgan fingerprint density at radius 3 is 2.57 bits per heavy atom. The first-order valence-corrected chi connectivity index (χ1v) is 6.42. The van der Waals surface area contributed by atoms with Crippen LogP contribution in [0.2, 0.25) is 5.02 Å². The third-order valence-electron chi connectivity index (χ3n) is 2.91. The van der Waals surface area contributed by atoms with Crippen LogP contribution in [0.25, 0.3) is 11.4 Å². The second-order valence-corrected chi connectivity index (χ2v) is 4.67. The second-order valence-electron chi connectivity index (χ2n) is 4.23. The fourth-order valence-electron chi connectivity index (χ4n) is 1.92. The van der Waals surface area contributed by atoms with Crippen molar-refractivity contribution < 1.29 is 14.3 Å². The van der Waals surface area contributed by atoms with Gasteiger partial charge in [0.05, 0.1) is 25.5 Å². The van der Waals surface area contributed by atoms with Crippen LogP contribution in [0, 0.1) is 6.92 Å². The summed E-state index contributed by atoms with van der Waals surface area (Å²) >= 11 is 5.92. The number of esters is 1. The van der Waals surface area contributed by atoms with E-state index in [1.807, 2.05) is 0 Å². The summed E-state index contributed by atoms with van der Waals surface area (Å²) in [6, 6.07) is 5.08. The predicted molar refractivity (Wildman–Crippen MR) is 79.5 cm³/mol. The molecule has 21 heavy (non-hydrogen) atoms. The number of hydrogen-bond donors (Lipinski definition) is 1. The van der Waals surface area contributed by atoms with Gasteiger partial charge in [-0.2, -0.15) is 0 Å². The van der Waals surface area contributed by atoms with E-state index in [4.69, 9.17) is 22.1 Å². The third-order valence-corrected chi connectivity index (χ3v) is 3.15. The number of benzene rings is 1. The van der Waals surface area contributed by atoms with Crippen molar-refractivity contribution in [3.63, 3.8) is 0 Å². The maximum atomic E-state index is 11.6. The molecule has 0 unspecified atom stereocenters. The minimum atomic E-state index is -0.570. The van der Waals surface area contributed by atoms with E-state index in [-0.39, 0.29) is 11.4 Å². The summed E-state index contributed by atoms with van der Waals surface area (Å²) in [5.41, 5.74) is 7.06. The molecule has 1 aromatic heterocycles. The molecule has 0 fully saturated rings. The van der Waals surface area contributed by atoms with E-state index >= 15 is 0 Å². The lowest BCUT2D eigenvalue weighted by Gasteiger charge is -2.11. The zero-order valence-corrected chi connectivity index (χ0v) is 12.6. The van der Waals surface area contributed by atoms with Crippen LogP contribution in [0.1, 0.15) is 16.1 Å². The second kappa shape index (κ2) is 5.97. The van der Waals surface area contributed by atoms with Gasteiger partial charge < -0.3 is 15.2 Å². The van der Waals surface area contributed by atoms with Gasteiger partial charge in [-0.1, -0.05) is 11.6 Å². The minimum Gasteiger partial charge on any atom is -0.496 e. The summed E-state index contributed by atoms with van der Waals surface area (Å²) in [5.74, 6) is 0.360. The fraction of sp³-hybridized carbons (Fsp3) is 0.214. The molecule has 0 aliphatic rings. The summed E-state index contributed by atoms with van der Waals surface area (Å²) in [6.45, 7) is 1.66. The highest BCUT2D eigenvalue weighted by molar-refractivity contribution is 6.30. The Bertz CT molecular complexity index is 681. The van der Waals surface area contributed by atoms with Crippen molar-refractivity contribution in [1.82, 2.24) is 9.97 Å². The molecule has 0 aliphatic carbocycles. The van der Waals surface area contributed by atoms with E-state index in [1.165, 1.54) is 14.2 Å². The zero-order valence-electron chi connectivity index (χ0n) is 11.8. The molecular weight excluding hydrogens is 294 g/mol. The van der Waals surface area contributed by atoms with E-state index < -0.39 is 5.97 Å². The number of anilines is 1. The van der Waals surface area contributed by atoms with Crippen LogP contribution in [0.15, 0.2) is 18.2 Å². The van der Waals surface area contributed by atoms with Crippen molar-refractivity contribution in [3.05, 3.63) is 34.5 Å². The lowest BCUT2D eigenvalue weighted by Crippen LogP contribution is -2.12. The number of rotatable bonds is 3. The van der Waals surface area contributed by atoms with Crippen molar-refractivity contribution >= 4 is 23.4 Å². The Labute approximate surface area is 126 Å². The van der Waals surface area contributed by atoms with Gasteiger partial charge >= 0.3 is 5.97 Å². The molecule has 2 rings (SSSR count). The van der Waals surface area contributed by atoms with Crippen LogP contribution in [0.3, 0.4) is 0 Å². The molecule has 2 N–H and O–H groups in total. The smallest absolute Gasteiger partial charge is 0.343 e. The van der Waals surface area contributed by atoms with Gasteiger partial charge in [-0.3, -0.25) is 0 Å². The number of nitrogen functional groups attached to an aromatic ring is 1. The summed E-state index contributed by atoms with van der Waals surface area (Å²) in [6.07, 6.45) is 0. The molecule has 2 aromatic rings. The monoisotopic (exact) mass is 307 g/mol. The van der Waals surface area contributed by atoms with Gasteiger partial charge in [0.15, 0.2) is 5.82 Å². The van der Waals surface area contributed by atoms with Gasteiger partial charge in [-0.05, 0) is 25.1 Å². The molecule has 1 heterocycles. The Morgan fingerprint density at radius 2 is 2.00 bits per heavy atom. The number of carbonyl (C=O) groups excluding carboxylic acids is 1. The zero-order chi connectivity index (χ0) is 15.6. The first-order valence-electron chi connectivity index (χ1n) is 6.04. The average molecular weight is 308 g/mol. The number of hydrogen-bond acceptors (Lipinski definition) is 6. The van der Waals surface area contributed by atoms with Crippen LogP contribution in [-0.4, -0.2) is 30.2 Å². The molecule has 0 aliphatic heterocycles. The number of nitrogens with two attached hydrogens (primary N) is 1. The highest BCUT2D eigenvalue weighted by Crippen LogP contribution is 2.31. The van der Waals surface area contributed by atoms with Crippen LogP contribution in [-0.2, 0) is 4.74 Å².